The van der Waals surface area contributed by atoms with Crippen molar-refractivity contribution in [1.82, 2.24) is 9.88 Å². The number of carbonyl (C=O) groups excluding carboxylic acids is 1. The van der Waals surface area contributed by atoms with E-state index in [9.17, 15) is 9.59 Å². The molecule has 0 bridgehead atoms. The Morgan fingerprint density at radius 2 is 2.04 bits per heavy atom. The topological polar surface area (TPSA) is 63.6 Å². The summed E-state index contributed by atoms with van der Waals surface area (Å²) >= 11 is 0. The van der Waals surface area contributed by atoms with E-state index in [1.807, 2.05) is 43.3 Å². The van der Waals surface area contributed by atoms with Gasteiger partial charge in [-0.2, -0.15) is 0 Å². The second-order valence-corrected chi connectivity index (χ2v) is 6.77. The van der Waals surface area contributed by atoms with Gasteiger partial charge in [-0.3, -0.25) is 14.2 Å². The van der Waals surface area contributed by atoms with E-state index < -0.39 is 0 Å². The van der Waals surface area contributed by atoms with Crippen LogP contribution in [0.3, 0.4) is 0 Å². The standard InChI is InChI=1S/C21H25N3O3/c1-23(2)17-10-8-16(9-11-17)14-19(24-12-4-3-7-20(24)25)21(26)22-15-18-6-5-13-27-18/h3-4,7-12,14,18H,5-6,13,15H2,1-2H3,(H,22,26)/b19-14+/t18-/m0/s1. The van der Waals surface area contributed by atoms with E-state index in [1.165, 1.54) is 10.6 Å². The monoisotopic (exact) mass is 367 g/mol. The van der Waals surface area contributed by atoms with Crippen LogP contribution in [0, 0.1) is 0 Å². The van der Waals surface area contributed by atoms with Crippen molar-refractivity contribution in [2.45, 2.75) is 18.9 Å². The maximum Gasteiger partial charge on any atom is 0.268 e. The second-order valence-electron chi connectivity index (χ2n) is 6.77. The number of anilines is 1. The smallest absolute Gasteiger partial charge is 0.268 e. The second kappa shape index (κ2) is 8.68. The molecule has 1 aliphatic rings. The van der Waals surface area contributed by atoms with Gasteiger partial charge in [0, 0.05) is 45.2 Å². The minimum absolute atomic E-state index is 0.0436. The molecule has 1 amide bonds. The summed E-state index contributed by atoms with van der Waals surface area (Å²) in [7, 11) is 3.94. The first-order valence-electron chi connectivity index (χ1n) is 9.11. The van der Waals surface area contributed by atoms with Crippen molar-refractivity contribution in [2.24, 2.45) is 0 Å². The molecule has 142 valence electrons. The van der Waals surface area contributed by atoms with Gasteiger partial charge < -0.3 is 15.0 Å². The van der Waals surface area contributed by atoms with Gasteiger partial charge in [0.05, 0.1) is 6.10 Å². The highest BCUT2D eigenvalue weighted by Crippen LogP contribution is 2.16. The fourth-order valence-corrected chi connectivity index (χ4v) is 3.00. The molecule has 1 N–H and O–H groups in total. The molecular weight excluding hydrogens is 342 g/mol. The van der Waals surface area contributed by atoms with Crippen LogP contribution >= 0.6 is 0 Å². The quantitative estimate of drug-likeness (QED) is 0.795. The average Bonchev–Trinajstić information content (AvgIpc) is 3.19. The van der Waals surface area contributed by atoms with Crippen LogP contribution in [0.15, 0.2) is 53.5 Å². The zero-order valence-corrected chi connectivity index (χ0v) is 15.7. The lowest BCUT2D eigenvalue weighted by atomic mass is 10.1. The molecule has 2 heterocycles. The number of benzene rings is 1. The Balaban J connectivity index is 1.88. The number of amides is 1. The molecule has 0 spiro atoms. The molecule has 0 saturated carbocycles. The van der Waals surface area contributed by atoms with Crippen molar-refractivity contribution in [2.75, 3.05) is 32.1 Å². The highest BCUT2D eigenvalue weighted by Gasteiger charge is 2.19. The van der Waals surface area contributed by atoms with E-state index >= 15 is 0 Å². The molecule has 0 aliphatic carbocycles. The molecule has 27 heavy (non-hydrogen) atoms. The molecule has 0 radical (unpaired) electrons. The van der Waals surface area contributed by atoms with Gasteiger partial charge in [-0.15, -0.1) is 0 Å². The number of aromatic nitrogens is 1. The van der Waals surface area contributed by atoms with Gasteiger partial charge in [-0.25, -0.2) is 0 Å². The third-order valence-electron chi connectivity index (χ3n) is 4.54. The number of carbonyl (C=O) groups is 1. The van der Waals surface area contributed by atoms with Crippen molar-refractivity contribution in [3.8, 4) is 0 Å². The highest BCUT2D eigenvalue weighted by atomic mass is 16.5. The SMILES string of the molecule is CN(C)c1ccc(/C=C(\C(=O)NC[C@@H]2CCCO2)n2ccccc2=O)cc1. The van der Waals surface area contributed by atoms with Crippen molar-refractivity contribution in [1.29, 1.82) is 0 Å². The lowest BCUT2D eigenvalue weighted by molar-refractivity contribution is -0.116. The average molecular weight is 367 g/mol. The van der Waals surface area contributed by atoms with Crippen LogP contribution < -0.4 is 15.8 Å². The first kappa shape index (κ1) is 18.9. The lowest BCUT2D eigenvalue weighted by Gasteiger charge is -2.15. The Hall–Kier alpha value is -2.86. The summed E-state index contributed by atoms with van der Waals surface area (Å²) in [6, 6.07) is 12.6. The van der Waals surface area contributed by atoms with E-state index in [2.05, 4.69) is 5.32 Å². The maximum atomic E-state index is 12.8. The first-order chi connectivity index (χ1) is 13.0. The Bertz CT molecular complexity index is 863. The predicted octanol–water partition coefficient (Wildman–Crippen LogP) is 2.21. The Labute approximate surface area is 159 Å². The Kier molecular flexibility index (Phi) is 6.08. The molecular formula is C21H25N3O3. The van der Waals surface area contributed by atoms with Crippen LogP contribution in [0.1, 0.15) is 18.4 Å². The summed E-state index contributed by atoms with van der Waals surface area (Å²) in [6.45, 7) is 1.18. The molecule has 0 unspecified atom stereocenters. The van der Waals surface area contributed by atoms with E-state index in [4.69, 9.17) is 4.74 Å². The van der Waals surface area contributed by atoms with Gasteiger partial charge in [-0.1, -0.05) is 18.2 Å². The third-order valence-corrected chi connectivity index (χ3v) is 4.54. The Morgan fingerprint density at radius 3 is 2.67 bits per heavy atom. The number of ether oxygens (including phenoxy) is 1. The normalized spacial score (nSPS) is 17.0. The lowest BCUT2D eigenvalue weighted by Crippen LogP contribution is -2.35. The highest BCUT2D eigenvalue weighted by molar-refractivity contribution is 6.18. The van der Waals surface area contributed by atoms with Gasteiger partial charge in [0.15, 0.2) is 0 Å². The molecule has 2 aromatic rings. The van der Waals surface area contributed by atoms with Crippen LogP contribution in [-0.2, 0) is 9.53 Å². The van der Waals surface area contributed by atoms with Gasteiger partial charge in [0.2, 0.25) is 0 Å². The molecule has 3 rings (SSSR count). The van der Waals surface area contributed by atoms with Gasteiger partial charge in [0.25, 0.3) is 11.5 Å². The minimum atomic E-state index is -0.296. The van der Waals surface area contributed by atoms with Crippen molar-refractivity contribution >= 4 is 23.4 Å². The first-order valence-corrected chi connectivity index (χ1v) is 9.11. The largest absolute Gasteiger partial charge is 0.378 e. The third kappa shape index (κ3) is 4.86. The summed E-state index contributed by atoms with van der Waals surface area (Å²) in [4.78, 5) is 27.1. The van der Waals surface area contributed by atoms with Crippen LogP contribution in [0.2, 0.25) is 0 Å². The van der Waals surface area contributed by atoms with Gasteiger partial charge >= 0.3 is 0 Å². The zero-order valence-electron chi connectivity index (χ0n) is 15.7. The number of hydrogen-bond donors (Lipinski definition) is 1. The predicted molar refractivity (Wildman–Crippen MR) is 108 cm³/mol. The van der Waals surface area contributed by atoms with Crippen LogP contribution in [0.4, 0.5) is 5.69 Å². The van der Waals surface area contributed by atoms with Crippen LogP contribution in [0.25, 0.3) is 11.8 Å². The molecule has 1 aromatic carbocycles. The van der Waals surface area contributed by atoms with Crippen LogP contribution in [-0.4, -0.2) is 43.8 Å². The molecule has 1 saturated heterocycles. The van der Waals surface area contributed by atoms with Crippen LogP contribution in [0.5, 0.6) is 0 Å². The molecule has 1 atom stereocenters. The van der Waals surface area contributed by atoms with E-state index in [0.29, 0.717) is 6.54 Å². The minimum Gasteiger partial charge on any atom is -0.378 e. The molecule has 6 nitrogen and oxygen atoms in total. The van der Waals surface area contributed by atoms with E-state index in [0.717, 1.165) is 30.7 Å². The van der Waals surface area contributed by atoms with Gasteiger partial charge in [0.1, 0.15) is 5.70 Å². The number of nitrogens with one attached hydrogen (secondary N) is 1. The fourth-order valence-electron chi connectivity index (χ4n) is 3.00. The Morgan fingerprint density at radius 1 is 1.26 bits per heavy atom. The van der Waals surface area contributed by atoms with Crippen molar-refractivity contribution in [3.63, 3.8) is 0 Å². The van der Waals surface area contributed by atoms with E-state index in [1.54, 1.807) is 24.4 Å². The maximum absolute atomic E-state index is 12.8. The summed E-state index contributed by atoms with van der Waals surface area (Å²) in [5.74, 6) is -0.296. The zero-order chi connectivity index (χ0) is 19.2. The van der Waals surface area contributed by atoms with Crippen molar-refractivity contribution in [3.05, 3.63) is 64.6 Å². The van der Waals surface area contributed by atoms with E-state index in [-0.39, 0.29) is 23.3 Å². The number of pyridine rings is 1. The number of hydrogen-bond acceptors (Lipinski definition) is 4. The molecule has 6 heteroatoms. The molecule has 1 fully saturated rings. The molecule has 1 aliphatic heterocycles. The van der Waals surface area contributed by atoms with Gasteiger partial charge in [-0.05, 0) is 42.7 Å². The molecule has 1 aromatic heterocycles. The summed E-state index contributed by atoms with van der Waals surface area (Å²) in [5, 5.41) is 2.90. The summed E-state index contributed by atoms with van der Waals surface area (Å²) in [6.07, 6.45) is 5.33. The fraction of sp³-hybridized carbons (Fsp3) is 0.333. The summed E-state index contributed by atoms with van der Waals surface area (Å²) < 4.78 is 6.92. The number of rotatable bonds is 6. The van der Waals surface area contributed by atoms with Crippen molar-refractivity contribution < 1.29 is 9.53 Å². The summed E-state index contributed by atoms with van der Waals surface area (Å²) in [5.41, 5.74) is 1.95. The number of nitrogens with zero attached hydrogens (tertiary/aromatic N) is 2.